The number of hydrogen-bond acceptors (Lipinski definition) is 9. The molecule has 1 N–H and O–H groups in total. The van der Waals surface area contributed by atoms with Crippen LogP contribution < -0.4 is 9.80 Å². The molecule has 1 heterocycles. The molecule has 142 valence electrons. The minimum absolute atomic E-state index is 0.180. The van der Waals surface area contributed by atoms with Gasteiger partial charge in [0.1, 0.15) is 32.2 Å². The van der Waals surface area contributed by atoms with Gasteiger partial charge in [-0.15, -0.1) is 0 Å². The molecule has 0 saturated heterocycles. The van der Waals surface area contributed by atoms with Crippen LogP contribution in [0.3, 0.4) is 0 Å². The van der Waals surface area contributed by atoms with Crippen molar-refractivity contribution in [3.63, 3.8) is 0 Å². The Kier molecular flexibility index (Phi) is 7.76. The first kappa shape index (κ1) is 19.8. The molecule has 1 fully saturated rings. The van der Waals surface area contributed by atoms with E-state index in [9.17, 15) is 5.11 Å². The van der Waals surface area contributed by atoms with Gasteiger partial charge < -0.3 is 19.3 Å². The number of rotatable bonds is 10. The first-order valence-corrected chi connectivity index (χ1v) is 8.53. The summed E-state index contributed by atoms with van der Waals surface area (Å²) in [4.78, 5) is 17.1. The molecule has 1 unspecified atom stereocenters. The van der Waals surface area contributed by atoms with E-state index in [2.05, 4.69) is 15.0 Å². The fourth-order valence-corrected chi connectivity index (χ4v) is 2.94. The zero-order valence-electron chi connectivity index (χ0n) is 15.5. The first-order chi connectivity index (χ1) is 12.1. The van der Waals surface area contributed by atoms with Gasteiger partial charge in [-0.1, -0.05) is 12.8 Å². The Morgan fingerprint density at radius 1 is 0.960 bits per heavy atom. The van der Waals surface area contributed by atoms with Crippen molar-refractivity contribution in [1.82, 2.24) is 15.0 Å². The van der Waals surface area contributed by atoms with E-state index in [1.54, 1.807) is 38.1 Å². The average Bonchev–Trinajstić information content (AvgIpc) is 3.13. The largest absolute Gasteiger partial charge is 0.374 e. The van der Waals surface area contributed by atoms with Crippen molar-refractivity contribution in [2.75, 3.05) is 51.3 Å². The molecule has 25 heavy (non-hydrogen) atoms. The van der Waals surface area contributed by atoms with Crippen molar-refractivity contribution in [1.29, 1.82) is 0 Å². The standard InChI is InChI=1S/C16H29N5O4/c1-12(22)21(11-25-4)16-18-14(13-7-5-6-8-13)17-15(19-16)20(9-23-2)10-24-3/h12-13,22H,5-11H2,1-4H3. The molecule has 9 heteroatoms. The third-order valence-corrected chi connectivity index (χ3v) is 4.18. The predicted molar refractivity (Wildman–Crippen MR) is 93.3 cm³/mol. The molecule has 0 aliphatic heterocycles. The third kappa shape index (κ3) is 5.21. The van der Waals surface area contributed by atoms with Crippen LogP contribution in [0.4, 0.5) is 11.9 Å². The summed E-state index contributed by atoms with van der Waals surface area (Å²) in [5.74, 6) is 1.92. The monoisotopic (exact) mass is 355 g/mol. The minimum atomic E-state index is -0.787. The van der Waals surface area contributed by atoms with Crippen molar-refractivity contribution < 1.29 is 19.3 Å². The predicted octanol–water partition coefficient (Wildman–Crippen LogP) is 1.29. The van der Waals surface area contributed by atoms with Gasteiger partial charge in [-0.25, -0.2) is 0 Å². The Labute approximate surface area is 148 Å². The Hall–Kier alpha value is -1.55. The highest BCUT2D eigenvalue weighted by Crippen LogP contribution is 2.33. The second-order valence-corrected chi connectivity index (χ2v) is 6.17. The lowest BCUT2D eigenvalue weighted by Crippen LogP contribution is -2.37. The molecule has 1 aromatic rings. The van der Waals surface area contributed by atoms with Crippen LogP contribution in [0.25, 0.3) is 0 Å². The number of ether oxygens (including phenoxy) is 3. The van der Waals surface area contributed by atoms with E-state index in [1.165, 1.54) is 12.8 Å². The number of aromatic nitrogens is 3. The number of methoxy groups -OCH3 is 3. The van der Waals surface area contributed by atoms with Crippen LogP contribution in [0, 0.1) is 0 Å². The van der Waals surface area contributed by atoms with E-state index in [1.807, 2.05) is 0 Å². The summed E-state index contributed by atoms with van der Waals surface area (Å²) >= 11 is 0. The summed E-state index contributed by atoms with van der Waals surface area (Å²) in [6.45, 7) is 2.42. The Morgan fingerprint density at radius 3 is 2.04 bits per heavy atom. The SMILES string of the molecule is COCN(COC)c1nc(C2CCCC2)nc(N(COC)C(C)O)n1. The zero-order valence-corrected chi connectivity index (χ0v) is 15.5. The molecule has 9 nitrogen and oxygen atoms in total. The van der Waals surface area contributed by atoms with E-state index in [-0.39, 0.29) is 6.73 Å². The summed E-state index contributed by atoms with van der Waals surface area (Å²) in [6, 6.07) is 0. The number of anilines is 2. The lowest BCUT2D eigenvalue weighted by molar-refractivity contribution is 0.121. The van der Waals surface area contributed by atoms with Crippen LogP contribution in [-0.4, -0.2) is 67.8 Å². The van der Waals surface area contributed by atoms with Gasteiger partial charge in [0.15, 0.2) is 0 Å². The van der Waals surface area contributed by atoms with Gasteiger partial charge in [0.2, 0.25) is 11.9 Å². The summed E-state index contributed by atoms with van der Waals surface area (Å²) in [6.07, 6.45) is 3.70. The normalized spacial score (nSPS) is 16.2. The average molecular weight is 355 g/mol. The lowest BCUT2D eigenvalue weighted by Gasteiger charge is -2.27. The molecule has 0 radical (unpaired) electrons. The molecule has 2 rings (SSSR count). The van der Waals surface area contributed by atoms with Gasteiger partial charge in [-0.3, -0.25) is 9.80 Å². The summed E-state index contributed by atoms with van der Waals surface area (Å²) in [5.41, 5.74) is 0. The molecule has 1 atom stereocenters. The summed E-state index contributed by atoms with van der Waals surface area (Å²) in [5, 5.41) is 10.1. The summed E-state index contributed by atoms with van der Waals surface area (Å²) in [7, 11) is 4.78. The highest BCUT2D eigenvalue weighted by atomic mass is 16.5. The van der Waals surface area contributed by atoms with Crippen LogP contribution in [0.5, 0.6) is 0 Å². The quantitative estimate of drug-likeness (QED) is 0.623. The fourth-order valence-electron chi connectivity index (χ4n) is 2.94. The smallest absolute Gasteiger partial charge is 0.234 e. The number of hydrogen-bond donors (Lipinski definition) is 1. The van der Waals surface area contributed by atoms with Crippen molar-refractivity contribution in [2.24, 2.45) is 0 Å². The van der Waals surface area contributed by atoms with Crippen molar-refractivity contribution in [3.8, 4) is 0 Å². The Morgan fingerprint density at radius 2 is 1.52 bits per heavy atom. The molecule has 1 aliphatic carbocycles. The van der Waals surface area contributed by atoms with Gasteiger partial charge in [0.05, 0.1) is 0 Å². The van der Waals surface area contributed by atoms with Gasteiger partial charge in [0, 0.05) is 27.2 Å². The number of aliphatic hydroxyl groups excluding tert-OH is 1. The fraction of sp³-hybridized carbons (Fsp3) is 0.812. The molecular formula is C16H29N5O4. The highest BCUT2D eigenvalue weighted by molar-refractivity contribution is 5.39. The maximum atomic E-state index is 10.1. The highest BCUT2D eigenvalue weighted by Gasteiger charge is 2.25. The van der Waals surface area contributed by atoms with E-state index in [0.717, 1.165) is 18.7 Å². The van der Waals surface area contributed by atoms with E-state index < -0.39 is 6.23 Å². The molecule has 0 amide bonds. The van der Waals surface area contributed by atoms with Gasteiger partial charge >= 0.3 is 0 Å². The molecule has 1 aromatic heterocycles. The maximum Gasteiger partial charge on any atom is 0.234 e. The Balaban J connectivity index is 2.42. The molecule has 0 spiro atoms. The van der Waals surface area contributed by atoms with Crippen LogP contribution in [0.15, 0.2) is 0 Å². The van der Waals surface area contributed by atoms with Gasteiger partial charge in [-0.2, -0.15) is 15.0 Å². The van der Waals surface area contributed by atoms with Crippen molar-refractivity contribution in [3.05, 3.63) is 5.82 Å². The molecule has 0 bridgehead atoms. The van der Waals surface area contributed by atoms with E-state index in [0.29, 0.717) is 31.3 Å². The topological polar surface area (TPSA) is 93.1 Å². The van der Waals surface area contributed by atoms with Crippen molar-refractivity contribution >= 4 is 11.9 Å². The second-order valence-electron chi connectivity index (χ2n) is 6.17. The molecule has 1 aliphatic rings. The lowest BCUT2D eigenvalue weighted by atomic mass is 10.1. The van der Waals surface area contributed by atoms with Gasteiger partial charge in [0.25, 0.3) is 0 Å². The molecular weight excluding hydrogens is 326 g/mol. The van der Waals surface area contributed by atoms with Crippen LogP contribution in [0.1, 0.15) is 44.3 Å². The maximum absolute atomic E-state index is 10.1. The van der Waals surface area contributed by atoms with Crippen LogP contribution >= 0.6 is 0 Å². The van der Waals surface area contributed by atoms with Crippen molar-refractivity contribution in [2.45, 2.75) is 44.8 Å². The Bertz CT molecular complexity index is 519. The van der Waals surface area contributed by atoms with Crippen LogP contribution in [-0.2, 0) is 14.2 Å². The number of aliphatic hydroxyl groups is 1. The molecule has 0 aromatic carbocycles. The van der Waals surface area contributed by atoms with Gasteiger partial charge in [-0.05, 0) is 19.8 Å². The third-order valence-electron chi connectivity index (χ3n) is 4.18. The van der Waals surface area contributed by atoms with E-state index in [4.69, 9.17) is 14.2 Å². The number of nitrogens with zero attached hydrogens (tertiary/aromatic N) is 5. The minimum Gasteiger partial charge on any atom is -0.374 e. The second kappa shape index (κ2) is 9.81. The first-order valence-electron chi connectivity index (χ1n) is 8.53. The zero-order chi connectivity index (χ0) is 18.2. The molecule has 1 saturated carbocycles. The summed E-state index contributed by atoms with van der Waals surface area (Å²) < 4.78 is 15.6. The van der Waals surface area contributed by atoms with E-state index >= 15 is 0 Å². The van der Waals surface area contributed by atoms with Crippen LogP contribution in [0.2, 0.25) is 0 Å².